The molecule has 5 nitrogen and oxygen atoms in total. The van der Waals surface area contributed by atoms with Crippen LogP contribution in [0, 0.1) is 5.41 Å². The SMILES string of the molecule is CCC1(CC)COC(c2ccc(C(=O)NCCN)cc2)OC1. The van der Waals surface area contributed by atoms with E-state index in [9.17, 15) is 4.79 Å². The highest BCUT2D eigenvalue weighted by Gasteiger charge is 2.34. The number of ether oxygens (including phenoxy) is 2. The number of amides is 1. The third-order valence-corrected chi connectivity index (χ3v) is 4.46. The first-order chi connectivity index (χ1) is 10.6. The molecule has 0 spiro atoms. The van der Waals surface area contributed by atoms with Crippen molar-refractivity contribution in [2.75, 3.05) is 26.3 Å². The largest absolute Gasteiger partial charge is 0.351 e. The van der Waals surface area contributed by atoms with E-state index in [-0.39, 0.29) is 17.6 Å². The topological polar surface area (TPSA) is 73.6 Å². The number of benzene rings is 1. The van der Waals surface area contributed by atoms with Gasteiger partial charge in [-0.3, -0.25) is 4.79 Å². The molecule has 5 heteroatoms. The second-order valence-corrected chi connectivity index (χ2v) is 5.83. The van der Waals surface area contributed by atoms with E-state index in [0.717, 1.165) is 18.4 Å². The molecule has 0 bridgehead atoms. The van der Waals surface area contributed by atoms with Crippen LogP contribution in [-0.2, 0) is 9.47 Å². The number of hydrogen-bond acceptors (Lipinski definition) is 4. The Hall–Kier alpha value is -1.43. The fraction of sp³-hybridized carbons (Fsp3) is 0.588. The average molecular weight is 306 g/mol. The van der Waals surface area contributed by atoms with E-state index in [2.05, 4.69) is 19.2 Å². The first-order valence-electron chi connectivity index (χ1n) is 7.95. The van der Waals surface area contributed by atoms with Gasteiger partial charge >= 0.3 is 0 Å². The molecule has 0 aliphatic carbocycles. The van der Waals surface area contributed by atoms with Crippen molar-refractivity contribution in [2.45, 2.75) is 33.0 Å². The van der Waals surface area contributed by atoms with Crippen LogP contribution in [0.2, 0.25) is 0 Å². The lowest BCUT2D eigenvalue weighted by Crippen LogP contribution is -2.37. The molecule has 3 N–H and O–H groups in total. The van der Waals surface area contributed by atoms with Gasteiger partial charge in [-0.15, -0.1) is 0 Å². The number of rotatable bonds is 6. The summed E-state index contributed by atoms with van der Waals surface area (Å²) < 4.78 is 11.8. The maximum absolute atomic E-state index is 11.8. The second kappa shape index (κ2) is 7.72. The van der Waals surface area contributed by atoms with Crippen LogP contribution >= 0.6 is 0 Å². The maximum atomic E-state index is 11.8. The molecule has 1 saturated heterocycles. The monoisotopic (exact) mass is 306 g/mol. The van der Waals surface area contributed by atoms with Crippen LogP contribution in [-0.4, -0.2) is 32.2 Å². The Morgan fingerprint density at radius 2 is 1.82 bits per heavy atom. The quantitative estimate of drug-likeness (QED) is 0.845. The van der Waals surface area contributed by atoms with Crippen molar-refractivity contribution in [3.8, 4) is 0 Å². The summed E-state index contributed by atoms with van der Waals surface area (Å²) in [6, 6.07) is 7.34. The van der Waals surface area contributed by atoms with Crippen LogP contribution in [0.4, 0.5) is 0 Å². The van der Waals surface area contributed by atoms with E-state index in [0.29, 0.717) is 31.9 Å². The van der Waals surface area contributed by atoms with E-state index < -0.39 is 0 Å². The fourth-order valence-electron chi connectivity index (χ4n) is 2.52. The summed E-state index contributed by atoms with van der Waals surface area (Å²) in [5.41, 5.74) is 7.07. The molecule has 0 atom stereocenters. The van der Waals surface area contributed by atoms with E-state index in [1.54, 1.807) is 12.1 Å². The molecular formula is C17H26N2O3. The molecule has 1 fully saturated rings. The van der Waals surface area contributed by atoms with Gasteiger partial charge in [0.15, 0.2) is 6.29 Å². The second-order valence-electron chi connectivity index (χ2n) is 5.83. The summed E-state index contributed by atoms with van der Waals surface area (Å²) in [6.07, 6.45) is 1.76. The molecule has 1 aliphatic heterocycles. The highest BCUT2D eigenvalue weighted by atomic mass is 16.7. The van der Waals surface area contributed by atoms with E-state index in [1.165, 1.54) is 0 Å². The minimum Gasteiger partial charge on any atom is -0.351 e. The Kier molecular flexibility index (Phi) is 5.94. The van der Waals surface area contributed by atoms with Crippen LogP contribution in [0.3, 0.4) is 0 Å². The van der Waals surface area contributed by atoms with Gasteiger partial charge in [-0.2, -0.15) is 0 Å². The van der Waals surface area contributed by atoms with Crippen molar-refractivity contribution in [3.63, 3.8) is 0 Å². The van der Waals surface area contributed by atoms with Crippen LogP contribution in [0.5, 0.6) is 0 Å². The van der Waals surface area contributed by atoms with Gasteiger partial charge < -0.3 is 20.5 Å². The molecule has 22 heavy (non-hydrogen) atoms. The van der Waals surface area contributed by atoms with Gasteiger partial charge in [0.1, 0.15) is 0 Å². The molecular weight excluding hydrogens is 280 g/mol. The summed E-state index contributed by atoms with van der Waals surface area (Å²) in [7, 11) is 0. The lowest BCUT2D eigenvalue weighted by Gasteiger charge is -2.39. The zero-order chi connectivity index (χ0) is 16.0. The first kappa shape index (κ1) is 16.9. The Bertz CT molecular complexity index is 473. The first-order valence-corrected chi connectivity index (χ1v) is 7.95. The molecule has 0 saturated carbocycles. The molecule has 1 aromatic rings. The predicted molar refractivity (Wildman–Crippen MR) is 85.5 cm³/mol. The van der Waals surface area contributed by atoms with Crippen LogP contribution in [0.15, 0.2) is 24.3 Å². The summed E-state index contributed by atoms with van der Waals surface area (Å²) in [4.78, 5) is 11.8. The number of carbonyl (C=O) groups excluding carboxylic acids is 1. The maximum Gasteiger partial charge on any atom is 0.251 e. The number of nitrogens with one attached hydrogen (secondary N) is 1. The Morgan fingerprint density at radius 3 is 2.32 bits per heavy atom. The Balaban J connectivity index is 1.96. The van der Waals surface area contributed by atoms with Crippen LogP contribution < -0.4 is 11.1 Å². The van der Waals surface area contributed by atoms with Crippen molar-refractivity contribution in [1.29, 1.82) is 0 Å². The Morgan fingerprint density at radius 1 is 1.23 bits per heavy atom. The predicted octanol–water partition coefficient (Wildman–Crippen LogP) is 2.23. The van der Waals surface area contributed by atoms with Crippen molar-refractivity contribution in [3.05, 3.63) is 35.4 Å². The molecule has 0 aromatic heterocycles. The highest BCUT2D eigenvalue weighted by molar-refractivity contribution is 5.94. The van der Waals surface area contributed by atoms with Gasteiger partial charge in [0, 0.05) is 29.6 Å². The summed E-state index contributed by atoms with van der Waals surface area (Å²) in [5.74, 6) is -0.113. The van der Waals surface area contributed by atoms with Crippen molar-refractivity contribution in [1.82, 2.24) is 5.32 Å². The van der Waals surface area contributed by atoms with Gasteiger partial charge in [-0.05, 0) is 25.0 Å². The smallest absolute Gasteiger partial charge is 0.251 e. The zero-order valence-corrected chi connectivity index (χ0v) is 13.4. The highest BCUT2D eigenvalue weighted by Crippen LogP contribution is 2.36. The van der Waals surface area contributed by atoms with Crippen LogP contribution in [0.25, 0.3) is 0 Å². The van der Waals surface area contributed by atoms with E-state index in [4.69, 9.17) is 15.2 Å². The van der Waals surface area contributed by atoms with Gasteiger partial charge in [0.25, 0.3) is 5.91 Å². The summed E-state index contributed by atoms with van der Waals surface area (Å²) >= 11 is 0. The fourth-order valence-corrected chi connectivity index (χ4v) is 2.52. The molecule has 0 radical (unpaired) electrons. The molecule has 1 aliphatic rings. The van der Waals surface area contributed by atoms with Gasteiger partial charge in [-0.1, -0.05) is 26.0 Å². The summed E-state index contributed by atoms with van der Waals surface area (Å²) in [5, 5.41) is 2.75. The number of hydrogen-bond donors (Lipinski definition) is 2. The Labute approximate surface area is 132 Å². The molecule has 1 heterocycles. The van der Waals surface area contributed by atoms with Crippen molar-refractivity contribution < 1.29 is 14.3 Å². The molecule has 2 rings (SSSR count). The van der Waals surface area contributed by atoms with E-state index >= 15 is 0 Å². The third kappa shape index (κ3) is 3.85. The minimum atomic E-state index is -0.340. The summed E-state index contributed by atoms with van der Waals surface area (Å²) in [6.45, 7) is 6.68. The zero-order valence-electron chi connectivity index (χ0n) is 13.4. The lowest BCUT2D eigenvalue weighted by molar-refractivity contribution is -0.235. The van der Waals surface area contributed by atoms with Crippen LogP contribution in [0.1, 0.15) is 48.9 Å². The van der Waals surface area contributed by atoms with Crippen molar-refractivity contribution >= 4 is 5.91 Å². The van der Waals surface area contributed by atoms with Crippen molar-refractivity contribution in [2.24, 2.45) is 11.1 Å². The number of carbonyl (C=O) groups is 1. The normalized spacial score (nSPS) is 18.1. The third-order valence-electron chi connectivity index (χ3n) is 4.46. The number of nitrogens with two attached hydrogens (primary N) is 1. The van der Waals surface area contributed by atoms with Gasteiger partial charge in [0.05, 0.1) is 13.2 Å². The standard InChI is InChI=1S/C17H26N2O3/c1-3-17(4-2)11-21-16(22-12-17)14-7-5-13(6-8-14)15(20)19-10-9-18/h5-8,16H,3-4,9-12,18H2,1-2H3,(H,19,20). The van der Waals surface area contributed by atoms with E-state index in [1.807, 2.05) is 12.1 Å². The molecule has 0 unspecified atom stereocenters. The van der Waals surface area contributed by atoms with Gasteiger partial charge in [-0.25, -0.2) is 0 Å². The molecule has 1 aromatic carbocycles. The van der Waals surface area contributed by atoms with Gasteiger partial charge in [0.2, 0.25) is 0 Å². The minimum absolute atomic E-state index is 0.113. The average Bonchev–Trinajstić information content (AvgIpc) is 2.60. The molecule has 122 valence electrons. The lowest BCUT2D eigenvalue weighted by atomic mass is 9.83. The molecule has 1 amide bonds.